The Morgan fingerprint density at radius 3 is 2.68 bits per heavy atom. The first kappa shape index (κ1) is 13.3. The number of H-pyrrole nitrogens is 1. The van der Waals surface area contributed by atoms with Crippen LogP contribution in [0.15, 0.2) is 48.8 Å². The van der Waals surface area contributed by atoms with Crippen LogP contribution in [-0.2, 0) is 5.54 Å². The summed E-state index contributed by atoms with van der Waals surface area (Å²) >= 11 is 5.98. The smallest absolute Gasteiger partial charge is 0.268 e. The molecule has 0 unspecified atom stereocenters. The van der Waals surface area contributed by atoms with Crippen molar-refractivity contribution < 1.29 is 4.79 Å². The van der Waals surface area contributed by atoms with E-state index < -0.39 is 0 Å². The summed E-state index contributed by atoms with van der Waals surface area (Å²) in [4.78, 5) is 19.7. The predicted molar refractivity (Wildman–Crippen MR) is 85.9 cm³/mol. The number of aromatic nitrogens is 2. The van der Waals surface area contributed by atoms with Gasteiger partial charge >= 0.3 is 0 Å². The molecule has 0 atom stereocenters. The Morgan fingerprint density at radius 2 is 1.95 bits per heavy atom. The molecule has 2 heterocycles. The van der Waals surface area contributed by atoms with Gasteiger partial charge in [-0.1, -0.05) is 11.6 Å². The minimum atomic E-state index is -0.241. The molecular formula is C17H14ClN3O. The number of amides is 1. The van der Waals surface area contributed by atoms with Gasteiger partial charge < -0.3 is 10.3 Å². The number of hydrogen-bond acceptors (Lipinski definition) is 2. The van der Waals surface area contributed by atoms with Gasteiger partial charge in [-0.25, -0.2) is 0 Å². The molecule has 1 aliphatic rings. The summed E-state index contributed by atoms with van der Waals surface area (Å²) in [5.74, 6) is -0.0957. The van der Waals surface area contributed by atoms with Crippen LogP contribution in [0.1, 0.15) is 28.9 Å². The van der Waals surface area contributed by atoms with Crippen molar-refractivity contribution in [3.05, 3.63) is 65.1 Å². The molecule has 1 fully saturated rings. The summed E-state index contributed by atoms with van der Waals surface area (Å²) in [5, 5.41) is 4.74. The van der Waals surface area contributed by atoms with Crippen LogP contribution in [0.2, 0.25) is 5.02 Å². The van der Waals surface area contributed by atoms with E-state index in [0.29, 0.717) is 10.7 Å². The number of halogens is 1. The fourth-order valence-electron chi connectivity index (χ4n) is 2.79. The van der Waals surface area contributed by atoms with Crippen molar-refractivity contribution in [1.29, 1.82) is 0 Å². The number of rotatable bonds is 3. The van der Waals surface area contributed by atoms with Crippen molar-refractivity contribution >= 4 is 28.4 Å². The Balaban J connectivity index is 1.61. The number of fused-ring (bicyclic) bond motifs is 1. The molecule has 2 N–H and O–H groups in total. The average Bonchev–Trinajstić information content (AvgIpc) is 3.18. The molecule has 0 spiro atoms. The molecule has 4 nitrogen and oxygen atoms in total. The predicted octanol–water partition coefficient (Wildman–Crippen LogP) is 3.64. The van der Waals surface area contributed by atoms with Crippen molar-refractivity contribution in [3.8, 4) is 0 Å². The summed E-state index contributed by atoms with van der Waals surface area (Å²) in [6.07, 6.45) is 5.42. The highest BCUT2D eigenvalue weighted by Crippen LogP contribution is 2.45. The molecule has 1 aliphatic carbocycles. The van der Waals surface area contributed by atoms with Crippen molar-refractivity contribution in [1.82, 2.24) is 15.3 Å². The van der Waals surface area contributed by atoms with Gasteiger partial charge in [0, 0.05) is 28.3 Å². The maximum atomic E-state index is 12.5. The molecule has 4 rings (SSSR count). The second kappa shape index (κ2) is 4.85. The third kappa shape index (κ3) is 2.25. The van der Waals surface area contributed by atoms with Crippen molar-refractivity contribution in [2.75, 3.05) is 0 Å². The van der Waals surface area contributed by atoms with Crippen LogP contribution in [0, 0.1) is 0 Å². The molecule has 1 amide bonds. The number of benzene rings is 1. The lowest BCUT2D eigenvalue weighted by atomic mass is 10.1. The molecule has 0 saturated heterocycles. The van der Waals surface area contributed by atoms with Crippen molar-refractivity contribution in [3.63, 3.8) is 0 Å². The Labute approximate surface area is 132 Å². The van der Waals surface area contributed by atoms with E-state index in [9.17, 15) is 4.79 Å². The van der Waals surface area contributed by atoms with Crippen LogP contribution in [0.25, 0.3) is 10.9 Å². The normalized spacial score (nSPS) is 15.7. The molecule has 110 valence electrons. The van der Waals surface area contributed by atoms with E-state index in [1.54, 1.807) is 18.5 Å². The van der Waals surface area contributed by atoms with Crippen LogP contribution in [0.5, 0.6) is 0 Å². The number of carbonyl (C=O) groups excluding carboxylic acids is 1. The summed E-state index contributed by atoms with van der Waals surface area (Å²) in [7, 11) is 0. The highest BCUT2D eigenvalue weighted by Gasteiger charge is 2.45. The molecule has 22 heavy (non-hydrogen) atoms. The lowest BCUT2D eigenvalue weighted by Crippen LogP contribution is -2.35. The second-order valence-electron chi connectivity index (χ2n) is 5.69. The Hall–Kier alpha value is -2.33. The number of aromatic amines is 1. The number of carbonyl (C=O) groups is 1. The first-order chi connectivity index (χ1) is 10.7. The van der Waals surface area contributed by atoms with Gasteiger partial charge in [-0.2, -0.15) is 0 Å². The first-order valence-electron chi connectivity index (χ1n) is 7.18. The molecule has 1 saturated carbocycles. The summed E-state index contributed by atoms with van der Waals surface area (Å²) in [5.41, 5.74) is 2.32. The lowest BCUT2D eigenvalue weighted by molar-refractivity contribution is 0.0926. The van der Waals surface area contributed by atoms with Crippen LogP contribution in [-0.4, -0.2) is 15.9 Å². The zero-order chi connectivity index (χ0) is 15.2. The fourth-order valence-corrected chi connectivity index (χ4v) is 2.97. The highest BCUT2D eigenvalue weighted by atomic mass is 35.5. The van der Waals surface area contributed by atoms with Gasteiger partial charge in [-0.3, -0.25) is 9.78 Å². The summed E-state index contributed by atoms with van der Waals surface area (Å²) < 4.78 is 0. The van der Waals surface area contributed by atoms with Crippen LogP contribution in [0.3, 0.4) is 0 Å². The van der Waals surface area contributed by atoms with Crippen molar-refractivity contribution in [2.45, 2.75) is 18.4 Å². The fraction of sp³-hybridized carbons (Fsp3) is 0.176. The first-order valence-corrected chi connectivity index (χ1v) is 7.55. The molecule has 0 bridgehead atoms. The number of nitrogens with zero attached hydrogens (tertiary/aromatic N) is 1. The van der Waals surface area contributed by atoms with E-state index in [2.05, 4.69) is 15.3 Å². The van der Waals surface area contributed by atoms with E-state index in [-0.39, 0.29) is 11.4 Å². The van der Waals surface area contributed by atoms with Crippen LogP contribution < -0.4 is 5.32 Å². The van der Waals surface area contributed by atoms with Crippen molar-refractivity contribution in [2.24, 2.45) is 0 Å². The lowest BCUT2D eigenvalue weighted by Gasteiger charge is -2.17. The summed E-state index contributed by atoms with van der Waals surface area (Å²) in [6.45, 7) is 0. The van der Waals surface area contributed by atoms with Gasteiger partial charge in [-0.15, -0.1) is 0 Å². The molecule has 3 aromatic rings. The number of pyridine rings is 1. The Morgan fingerprint density at radius 1 is 1.18 bits per heavy atom. The van der Waals surface area contributed by atoms with E-state index in [0.717, 1.165) is 29.3 Å². The van der Waals surface area contributed by atoms with E-state index in [4.69, 9.17) is 11.6 Å². The van der Waals surface area contributed by atoms with Crippen LogP contribution in [0.4, 0.5) is 0 Å². The average molecular weight is 312 g/mol. The maximum Gasteiger partial charge on any atom is 0.268 e. The number of nitrogens with one attached hydrogen (secondary N) is 2. The second-order valence-corrected chi connectivity index (χ2v) is 6.12. The summed E-state index contributed by atoms with van der Waals surface area (Å²) in [6, 6.07) is 11.3. The molecular weight excluding hydrogens is 298 g/mol. The van der Waals surface area contributed by atoms with Gasteiger partial charge in [0.1, 0.15) is 5.69 Å². The van der Waals surface area contributed by atoms with E-state index >= 15 is 0 Å². The maximum absolute atomic E-state index is 12.5. The van der Waals surface area contributed by atoms with Gasteiger partial charge in [0.05, 0.1) is 5.54 Å². The SMILES string of the molecule is O=C(NC1(c2ccncc2)CC1)c1cc2cc(Cl)ccc2[nH]1. The zero-order valence-electron chi connectivity index (χ0n) is 11.8. The van der Waals surface area contributed by atoms with Gasteiger partial charge in [0.15, 0.2) is 0 Å². The molecule has 5 heteroatoms. The van der Waals surface area contributed by atoms with Gasteiger partial charge in [-0.05, 0) is 54.8 Å². The van der Waals surface area contributed by atoms with E-state index in [1.807, 2.05) is 30.3 Å². The minimum Gasteiger partial charge on any atom is -0.351 e. The third-order valence-corrected chi connectivity index (χ3v) is 4.40. The monoisotopic (exact) mass is 311 g/mol. The topological polar surface area (TPSA) is 57.8 Å². The minimum absolute atomic E-state index is 0.0957. The Bertz CT molecular complexity index is 853. The largest absolute Gasteiger partial charge is 0.351 e. The van der Waals surface area contributed by atoms with Gasteiger partial charge in [0.25, 0.3) is 5.91 Å². The molecule has 0 aliphatic heterocycles. The van der Waals surface area contributed by atoms with Gasteiger partial charge in [0.2, 0.25) is 0 Å². The molecule has 1 aromatic carbocycles. The third-order valence-electron chi connectivity index (χ3n) is 4.16. The molecule has 0 radical (unpaired) electrons. The Kier molecular flexibility index (Phi) is 2.94. The standard InChI is InChI=1S/C17H14ClN3O/c18-13-1-2-14-11(9-13)10-15(20-14)16(22)21-17(5-6-17)12-3-7-19-8-4-12/h1-4,7-10,20H,5-6H2,(H,21,22). The molecule has 2 aromatic heterocycles. The quantitative estimate of drug-likeness (QED) is 0.776. The van der Waals surface area contributed by atoms with Crippen LogP contribution >= 0.6 is 11.6 Å². The van der Waals surface area contributed by atoms with E-state index in [1.165, 1.54) is 0 Å². The highest BCUT2D eigenvalue weighted by molar-refractivity contribution is 6.31. The number of hydrogen-bond donors (Lipinski definition) is 2. The zero-order valence-corrected chi connectivity index (χ0v) is 12.5.